The summed E-state index contributed by atoms with van der Waals surface area (Å²) in [6.45, 7) is 9.65. The fourth-order valence-corrected chi connectivity index (χ4v) is 1.93. The number of aliphatic hydroxyl groups excluding tert-OH is 2. The standard InChI is InChI=1S/C13H20O2/c1-7-6-8(2)10(4)12(9(7)3)13(15)11(5)14/h6,11,13-15H,1-5H3. The van der Waals surface area contributed by atoms with Crippen LogP contribution < -0.4 is 0 Å². The highest BCUT2D eigenvalue weighted by Gasteiger charge is 2.20. The monoisotopic (exact) mass is 208 g/mol. The first-order valence-electron chi connectivity index (χ1n) is 5.29. The molecule has 84 valence electrons. The van der Waals surface area contributed by atoms with E-state index in [-0.39, 0.29) is 0 Å². The molecule has 2 nitrogen and oxygen atoms in total. The average molecular weight is 208 g/mol. The van der Waals surface area contributed by atoms with Crippen LogP contribution >= 0.6 is 0 Å². The Balaban J connectivity index is 3.39. The van der Waals surface area contributed by atoms with Crippen molar-refractivity contribution in [3.63, 3.8) is 0 Å². The molecule has 2 heteroatoms. The van der Waals surface area contributed by atoms with Crippen molar-refractivity contribution in [3.05, 3.63) is 33.9 Å². The molecule has 15 heavy (non-hydrogen) atoms. The van der Waals surface area contributed by atoms with Crippen LogP contribution in [0.1, 0.15) is 40.8 Å². The van der Waals surface area contributed by atoms with E-state index in [4.69, 9.17) is 0 Å². The van der Waals surface area contributed by atoms with E-state index < -0.39 is 12.2 Å². The SMILES string of the molecule is Cc1cc(C)c(C)c(C(O)C(C)O)c1C. The molecule has 2 unspecified atom stereocenters. The van der Waals surface area contributed by atoms with Gasteiger partial charge in [0.2, 0.25) is 0 Å². The minimum Gasteiger partial charge on any atom is -0.390 e. The van der Waals surface area contributed by atoms with E-state index >= 15 is 0 Å². The van der Waals surface area contributed by atoms with Gasteiger partial charge in [0, 0.05) is 0 Å². The molecule has 1 aromatic carbocycles. The Kier molecular flexibility index (Phi) is 3.53. The predicted octanol–water partition coefficient (Wildman–Crippen LogP) is 2.33. The number of hydrogen-bond acceptors (Lipinski definition) is 2. The van der Waals surface area contributed by atoms with E-state index in [0.717, 1.165) is 27.8 Å². The van der Waals surface area contributed by atoms with Crippen molar-refractivity contribution in [1.82, 2.24) is 0 Å². The molecule has 0 fully saturated rings. The van der Waals surface area contributed by atoms with Crippen molar-refractivity contribution in [1.29, 1.82) is 0 Å². The largest absolute Gasteiger partial charge is 0.390 e. The van der Waals surface area contributed by atoms with Gasteiger partial charge in [-0.25, -0.2) is 0 Å². The lowest BCUT2D eigenvalue weighted by molar-refractivity contribution is 0.0297. The zero-order chi connectivity index (χ0) is 11.7. The third-order valence-corrected chi connectivity index (χ3v) is 3.18. The molecular formula is C13H20O2. The van der Waals surface area contributed by atoms with Crippen LogP contribution in [0.2, 0.25) is 0 Å². The zero-order valence-corrected chi connectivity index (χ0v) is 10.1. The number of benzene rings is 1. The zero-order valence-electron chi connectivity index (χ0n) is 10.1. The van der Waals surface area contributed by atoms with Gasteiger partial charge < -0.3 is 10.2 Å². The Labute approximate surface area is 91.6 Å². The fourth-order valence-electron chi connectivity index (χ4n) is 1.93. The molecule has 2 N–H and O–H groups in total. The topological polar surface area (TPSA) is 40.5 Å². The molecule has 0 amide bonds. The second-order valence-electron chi connectivity index (χ2n) is 4.36. The first kappa shape index (κ1) is 12.2. The Hall–Kier alpha value is -0.860. The van der Waals surface area contributed by atoms with Crippen LogP contribution in [0.4, 0.5) is 0 Å². The number of rotatable bonds is 2. The number of aryl methyl sites for hydroxylation is 2. The Morgan fingerprint density at radius 3 is 1.67 bits per heavy atom. The van der Waals surface area contributed by atoms with E-state index in [1.807, 2.05) is 27.7 Å². The summed E-state index contributed by atoms with van der Waals surface area (Å²) in [5.41, 5.74) is 5.35. The lowest BCUT2D eigenvalue weighted by atomic mass is 9.89. The van der Waals surface area contributed by atoms with Crippen molar-refractivity contribution in [2.24, 2.45) is 0 Å². The summed E-state index contributed by atoms with van der Waals surface area (Å²) < 4.78 is 0. The third kappa shape index (κ3) is 2.21. The van der Waals surface area contributed by atoms with Gasteiger partial charge in [-0.05, 0) is 62.4 Å². The maximum Gasteiger partial charge on any atom is 0.105 e. The minimum atomic E-state index is -0.788. The molecule has 2 atom stereocenters. The van der Waals surface area contributed by atoms with E-state index in [9.17, 15) is 10.2 Å². The number of aliphatic hydroxyl groups is 2. The molecule has 0 bridgehead atoms. The van der Waals surface area contributed by atoms with Crippen LogP contribution in [0.5, 0.6) is 0 Å². The predicted molar refractivity (Wildman–Crippen MR) is 62.0 cm³/mol. The second kappa shape index (κ2) is 4.33. The van der Waals surface area contributed by atoms with Crippen LogP contribution in [0.25, 0.3) is 0 Å². The van der Waals surface area contributed by atoms with Crippen LogP contribution in [0, 0.1) is 27.7 Å². The highest BCUT2D eigenvalue weighted by molar-refractivity contribution is 5.45. The van der Waals surface area contributed by atoms with Crippen molar-refractivity contribution < 1.29 is 10.2 Å². The summed E-state index contributed by atoms with van der Waals surface area (Å²) in [6.07, 6.45) is -1.52. The van der Waals surface area contributed by atoms with Gasteiger partial charge in [-0.15, -0.1) is 0 Å². The van der Waals surface area contributed by atoms with Gasteiger partial charge >= 0.3 is 0 Å². The van der Waals surface area contributed by atoms with Crippen molar-refractivity contribution in [2.75, 3.05) is 0 Å². The molecule has 0 aliphatic carbocycles. The molecule has 0 heterocycles. The van der Waals surface area contributed by atoms with Crippen molar-refractivity contribution in [3.8, 4) is 0 Å². The average Bonchev–Trinajstić information content (AvgIpc) is 2.15. The highest BCUT2D eigenvalue weighted by atomic mass is 16.3. The molecule has 0 saturated carbocycles. The first-order valence-corrected chi connectivity index (χ1v) is 5.29. The third-order valence-electron chi connectivity index (χ3n) is 3.18. The van der Waals surface area contributed by atoms with Crippen LogP contribution in [0.3, 0.4) is 0 Å². The Morgan fingerprint density at radius 1 is 0.933 bits per heavy atom. The summed E-state index contributed by atoms with van der Waals surface area (Å²) in [6, 6.07) is 2.11. The van der Waals surface area contributed by atoms with Crippen LogP contribution in [-0.4, -0.2) is 16.3 Å². The van der Waals surface area contributed by atoms with Gasteiger partial charge in [0.05, 0.1) is 6.10 Å². The smallest absolute Gasteiger partial charge is 0.105 e. The summed E-state index contributed by atoms with van der Waals surface area (Å²) in [5, 5.41) is 19.4. The summed E-state index contributed by atoms with van der Waals surface area (Å²) in [4.78, 5) is 0. The molecule has 0 aliphatic heterocycles. The van der Waals surface area contributed by atoms with E-state index in [1.54, 1.807) is 6.92 Å². The Morgan fingerprint density at radius 2 is 1.33 bits per heavy atom. The maximum atomic E-state index is 9.96. The van der Waals surface area contributed by atoms with Crippen LogP contribution in [-0.2, 0) is 0 Å². The van der Waals surface area contributed by atoms with Gasteiger partial charge in [-0.3, -0.25) is 0 Å². The van der Waals surface area contributed by atoms with Crippen molar-refractivity contribution in [2.45, 2.75) is 46.8 Å². The fraction of sp³-hybridized carbons (Fsp3) is 0.538. The van der Waals surface area contributed by atoms with Gasteiger partial charge in [0.25, 0.3) is 0 Å². The van der Waals surface area contributed by atoms with Gasteiger partial charge in [0.15, 0.2) is 0 Å². The van der Waals surface area contributed by atoms with Gasteiger partial charge in [-0.1, -0.05) is 6.07 Å². The van der Waals surface area contributed by atoms with Gasteiger partial charge in [0.1, 0.15) is 6.10 Å². The van der Waals surface area contributed by atoms with Crippen molar-refractivity contribution >= 4 is 0 Å². The summed E-state index contributed by atoms with van der Waals surface area (Å²) >= 11 is 0. The van der Waals surface area contributed by atoms with Gasteiger partial charge in [-0.2, -0.15) is 0 Å². The number of hydrogen-bond donors (Lipinski definition) is 2. The summed E-state index contributed by atoms with van der Waals surface area (Å²) in [7, 11) is 0. The van der Waals surface area contributed by atoms with Crippen LogP contribution in [0.15, 0.2) is 6.07 Å². The lowest BCUT2D eigenvalue weighted by Crippen LogP contribution is -2.17. The molecule has 0 aromatic heterocycles. The quantitative estimate of drug-likeness (QED) is 0.783. The first-order chi connectivity index (χ1) is 6.86. The van der Waals surface area contributed by atoms with E-state index in [1.165, 1.54) is 0 Å². The van der Waals surface area contributed by atoms with E-state index in [2.05, 4.69) is 6.07 Å². The maximum absolute atomic E-state index is 9.96. The van der Waals surface area contributed by atoms with E-state index in [0.29, 0.717) is 0 Å². The molecule has 0 spiro atoms. The molecule has 1 aromatic rings. The minimum absolute atomic E-state index is 0.733. The second-order valence-corrected chi connectivity index (χ2v) is 4.36. The molecule has 0 saturated heterocycles. The summed E-state index contributed by atoms with van der Waals surface area (Å²) in [5.74, 6) is 0. The lowest BCUT2D eigenvalue weighted by Gasteiger charge is -2.22. The molecular weight excluding hydrogens is 188 g/mol. The molecule has 0 radical (unpaired) electrons. The molecule has 1 rings (SSSR count). The Bertz CT molecular complexity index is 341. The highest BCUT2D eigenvalue weighted by Crippen LogP contribution is 2.28. The molecule has 0 aliphatic rings. The normalized spacial score (nSPS) is 15.1.